The highest BCUT2D eigenvalue weighted by molar-refractivity contribution is 5.97. The molecule has 0 aliphatic heterocycles. The summed E-state index contributed by atoms with van der Waals surface area (Å²) in [6.45, 7) is 7.32. The third-order valence-corrected chi connectivity index (χ3v) is 5.03. The van der Waals surface area contributed by atoms with Crippen LogP contribution in [0.15, 0.2) is 30.3 Å². The molecule has 0 saturated heterocycles. The molecular weight excluding hydrogens is 440 g/mol. The number of esters is 1. The van der Waals surface area contributed by atoms with Crippen LogP contribution in [0.25, 0.3) is 0 Å². The van der Waals surface area contributed by atoms with Gasteiger partial charge in [0.05, 0.1) is 19.8 Å². The average Bonchev–Trinajstić information content (AvgIpc) is 2.80. The molecule has 34 heavy (non-hydrogen) atoms. The Morgan fingerprint density at radius 3 is 1.88 bits per heavy atom. The van der Waals surface area contributed by atoms with E-state index in [-0.39, 0.29) is 34.6 Å². The van der Waals surface area contributed by atoms with Gasteiger partial charge in [-0.3, -0.25) is 9.59 Å². The average molecular weight is 473 g/mol. The van der Waals surface area contributed by atoms with Gasteiger partial charge in [0.1, 0.15) is 0 Å². The van der Waals surface area contributed by atoms with Crippen LogP contribution >= 0.6 is 0 Å². The SMILES string of the molecule is COc1cc(C(=O)OCC(=O)Nc2c(C(C)C)cccc2C(C)C)cc(OC)c1OCC(N)=O. The van der Waals surface area contributed by atoms with Crippen molar-refractivity contribution in [3.63, 3.8) is 0 Å². The molecule has 0 fully saturated rings. The second-order valence-corrected chi connectivity index (χ2v) is 8.21. The van der Waals surface area contributed by atoms with Gasteiger partial charge < -0.3 is 30.0 Å². The number of nitrogens with one attached hydrogen (secondary N) is 1. The summed E-state index contributed by atoms with van der Waals surface area (Å²) in [7, 11) is 2.74. The van der Waals surface area contributed by atoms with Crippen LogP contribution in [0.1, 0.15) is 61.0 Å². The number of nitrogens with two attached hydrogens (primary N) is 1. The zero-order chi connectivity index (χ0) is 25.4. The van der Waals surface area contributed by atoms with E-state index in [9.17, 15) is 14.4 Å². The van der Waals surface area contributed by atoms with Gasteiger partial charge in [0, 0.05) is 5.69 Å². The topological polar surface area (TPSA) is 126 Å². The van der Waals surface area contributed by atoms with Gasteiger partial charge in [0.15, 0.2) is 24.7 Å². The Kier molecular flexibility index (Phi) is 9.29. The van der Waals surface area contributed by atoms with E-state index in [1.807, 2.05) is 45.9 Å². The van der Waals surface area contributed by atoms with E-state index in [0.29, 0.717) is 0 Å². The summed E-state index contributed by atoms with van der Waals surface area (Å²) in [5.41, 5.74) is 7.96. The van der Waals surface area contributed by atoms with Crippen LogP contribution in [-0.4, -0.2) is 45.2 Å². The van der Waals surface area contributed by atoms with Crippen LogP contribution in [0.2, 0.25) is 0 Å². The second kappa shape index (κ2) is 11.9. The van der Waals surface area contributed by atoms with Crippen molar-refractivity contribution in [2.75, 3.05) is 32.8 Å². The van der Waals surface area contributed by atoms with Crippen LogP contribution in [0.4, 0.5) is 5.69 Å². The predicted molar refractivity (Wildman–Crippen MR) is 128 cm³/mol. The molecule has 0 unspecified atom stereocenters. The highest BCUT2D eigenvalue weighted by Crippen LogP contribution is 2.39. The molecule has 9 heteroatoms. The minimum Gasteiger partial charge on any atom is -0.493 e. The lowest BCUT2D eigenvalue weighted by atomic mass is 9.92. The molecule has 2 aromatic carbocycles. The van der Waals surface area contributed by atoms with Gasteiger partial charge in [-0.1, -0.05) is 45.9 Å². The number of hydrogen-bond donors (Lipinski definition) is 2. The first kappa shape index (κ1) is 26.5. The van der Waals surface area contributed by atoms with Crippen molar-refractivity contribution in [2.24, 2.45) is 5.73 Å². The third-order valence-electron chi connectivity index (χ3n) is 5.03. The Labute approximate surface area is 199 Å². The summed E-state index contributed by atoms with van der Waals surface area (Å²) in [6.07, 6.45) is 0. The quantitative estimate of drug-likeness (QED) is 0.478. The summed E-state index contributed by atoms with van der Waals surface area (Å²) < 4.78 is 21.0. The number of ether oxygens (including phenoxy) is 4. The Morgan fingerprint density at radius 2 is 1.44 bits per heavy atom. The number of carbonyl (C=O) groups is 3. The van der Waals surface area contributed by atoms with E-state index < -0.39 is 31.0 Å². The molecule has 0 aliphatic carbocycles. The van der Waals surface area contributed by atoms with Crippen LogP contribution in [0.5, 0.6) is 17.2 Å². The van der Waals surface area contributed by atoms with Gasteiger partial charge in [0.25, 0.3) is 11.8 Å². The van der Waals surface area contributed by atoms with Crippen molar-refractivity contribution in [2.45, 2.75) is 39.5 Å². The zero-order valence-corrected chi connectivity index (χ0v) is 20.4. The number of rotatable bonds is 11. The molecule has 0 aliphatic rings. The molecule has 184 valence electrons. The first-order valence-corrected chi connectivity index (χ1v) is 10.9. The molecule has 0 aromatic heterocycles. The van der Waals surface area contributed by atoms with Crippen LogP contribution in [-0.2, 0) is 14.3 Å². The Bertz CT molecular complexity index is 996. The van der Waals surface area contributed by atoms with Crippen LogP contribution < -0.4 is 25.3 Å². The number of carbonyl (C=O) groups excluding carboxylic acids is 3. The molecule has 2 rings (SSSR count). The van der Waals surface area contributed by atoms with Crippen molar-refractivity contribution in [1.82, 2.24) is 0 Å². The third kappa shape index (κ3) is 6.63. The Morgan fingerprint density at radius 1 is 0.912 bits per heavy atom. The lowest BCUT2D eigenvalue weighted by molar-refractivity contribution is -0.120. The number of hydrogen-bond acceptors (Lipinski definition) is 7. The zero-order valence-electron chi connectivity index (χ0n) is 20.4. The monoisotopic (exact) mass is 472 g/mol. The Hall–Kier alpha value is -3.75. The van der Waals surface area contributed by atoms with Gasteiger partial charge in [-0.25, -0.2) is 4.79 Å². The lowest BCUT2D eigenvalue weighted by Gasteiger charge is -2.20. The predicted octanol–water partition coefficient (Wildman–Crippen LogP) is 3.61. The van der Waals surface area contributed by atoms with Gasteiger partial charge in [-0.05, 0) is 35.1 Å². The Balaban J connectivity index is 2.17. The van der Waals surface area contributed by atoms with E-state index in [4.69, 9.17) is 24.7 Å². The molecule has 0 heterocycles. The maximum atomic E-state index is 12.6. The van der Waals surface area contributed by atoms with Gasteiger partial charge in [0.2, 0.25) is 5.75 Å². The van der Waals surface area contributed by atoms with Crippen molar-refractivity contribution >= 4 is 23.5 Å². The largest absolute Gasteiger partial charge is 0.493 e. The highest BCUT2D eigenvalue weighted by Gasteiger charge is 2.21. The molecule has 0 spiro atoms. The molecule has 3 N–H and O–H groups in total. The fraction of sp³-hybridized carbons (Fsp3) is 0.400. The molecule has 0 atom stereocenters. The number of primary amides is 1. The van der Waals surface area contributed by atoms with Crippen molar-refractivity contribution in [3.8, 4) is 17.2 Å². The molecule has 0 bridgehead atoms. The summed E-state index contributed by atoms with van der Waals surface area (Å²) in [6, 6.07) is 8.64. The fourth-order valence-electron chi connectivity index (χ4n) is 3.37. The van der Waals surface area contributed by atoms with E-state index in [1.165, 1.54) is 26.4 Å². The number of para-hydroxylation sites is 1. The molecule has 0 saturated carbocycles. The van der Waals surface area contributed by atoms with E-state index in [0.717, 1.165) is 16.8 Å². The van der Waals surface area contributed by atoms with Gasteiger partial charge in [-0.15, -0.1) is 0 Å². The first-order valence-electron chi connectivity index (χ1n) is 10.9. The minimum atomic E-state index is -0.755. The van der Waals surface area contributed by atoms with Crippen molar-refractivity contribution in [1.29, 1.82) is 0 Å². The number of methoxy groups -OCH3 is 2. The lowest BCUT2D eigenvalue weighted by Crippen LogP contribution is -2.23. The summed E-state index contributed by atoms with van der Waals surface area (Å²) in [5.74, 6) is -1.09. The second-order valence-electron chi connectivity index (χ2n) is 8.21. The van der Waals surface area contributed by atoms with E-state index in [2.05, 4.69) is 5.32 Å². The standard InChI is InChI=1S/C25H32N2O7/c1-14(2)17-8-7-9-18(15(3)4)23(17)27-22(29)13-34-25(30)16-10-19(31-5)24(20(11-16)32-6)33-12-21(26)28/h7-11,14-15H,12-13H2,1-6H3,(H2,26,28)(H,27,29). The smallest absolute Gasteiger partial charge is 0.338 e. The highest BCUT2D eigenvalue weighted by atomic mass is 16.5. The summed E-state index contributed by atoms with van der Waals surface area (Å²) >= 11 is 0. The van der Waals surface area contributed by atoms with Crippen molar-refractivity contribution < 1.29 is 33.3 Å². The van der Waals surface area contributed by atoms with Gasteiger partial charge >= 0.3 is 5.97 Å². The number of amides is 2. The van der Waals surface area contributed by atoms with E-state index in [1.54, 1.807) is 0 Å². The normalized spacial score (nSPS) is 10.7. The maximum absolute atomic E-state index is 12.6. The molecular formula is C25H32N2O7. The fourth-order valence-corrected chi connectivity index (χ4v) is 3.37. The summed E-state index contributed by atoms with van der Waals surface area (Å²) in [5, 5.41) is 2.90. The minimum absolute atomic E-state index is 0.0818. The molecule has 2 amide bonds. The molecule has 9 nitrogen and oxygen atoms in total. The maximum Gasteiger partial charge on any atom is 0.338 e. The van der Waals surface area contributed by atoms with E-state index >= 15 is 0 Å². The number of benzene rings is 2. The number of anilines is 1. The van der Waals surface area contributed by atoms with Crippen LogP contribution in [0.3, 0.4) is 0 Å². The first-order chi connectivity index (χ1) is 16.1. The van der Waals surface area contributed by atoms with Crippen LogP contribution in [0, 0.1) is 0 Å². The van der Waals surface area contributed by atoms with Crippen molar-refractivity contribution in [3.05, 3.63) is 47.0 Å². The van der Waals surface area contributed by atoms with Gasteiger partial charge in [-0.2, -0.15) is 0 Å². The summed E-state index contributed by atoms with van der Waals surface area (Å²) in [4.78, 5) is 36.3. The molecule has 2 aromatic rings. The molecule has 0 radical (unpaired) electrons.